The molecule has 2 saturated heterocycles. The van der Waals surface area contributed by atoms with E-state index in [2.05, 4.69) is 4.90 Å². The van der Waals surface area contributed by atoms with Gasteiger partial charge in [-0.15, -0.1) is 0 Å². The van der Waals surface area contributed by atoms with Crippen molar-refractivity contribution < 1.29 is 23.4 Å². The van der Waals surface area contributed by atoms with Crippen molar-refractivity contribution in [3.05, 3.63) is 48.4 Å². The highest BCUT2D eigenvalue weighted by molar-refractivity contribution is 5.70. The van der Waals surface area contributed by atoms with Gasteiger partial charge in [-0.05, 0) is 43.2 Å². The van der Waals surface area contributed by atoms with Gasteiger partial charge < -0.3 is 23.5 Å². The summed E-state index contributed by atoms with van der Waals surface area (Å²) in [5.41, 5.74) is 1.19. The minimum Gasteiger partial charge on any atom is -0.497 e. The smallest absolute Gasteiger partial charge is 0.410 e. The van der Waals surface area contributed by atoms with Crippen LogP contribution in [0.2, 0.25) is 0 Å². The van der Waals surface area contributed by atoms with Crippen LogP contribution in [0.25, 0.3) is 0 Å². The number of rotatable bonds is 7. The molecule has 1 unspecified atom stereocenters. The highest BCUT2D eigenvalue weighted by Gasteiger charge is 2.37. The number of nitrogens with zero attached hydrogens (tertiary/aromatic N) is 2. The summed E-state index contributed by atoms with van der Waals surface area (Å²) in [7, 11) is 1.63. The minimum absolute atomic E-state index is 0.225. The first-order valence-corrected chi connectivity index (χ1v) is 9.69. The number of carbonyl (C=O) groups excluding carboxylic acids is 1. The van der Waals surface area contributed by atoms with E-state index in [4.69, 9.17) is 18.6 Å². The molecule has 1 amide bonds. The molecule has 7 nitrogen and oxygen atoms in total. The molecule has 4 rings (SSSR count). The summed E-state index contributed by atoms with van der Waals surface area (Å²) >= 11 is 0. The van der Waals surface area contributed by atoms with Crippen LogP contribution >= 0.6 is 0 Å². The quantitative estimate of drug-likeness (QED) is 0.728. The first-order valence-electron chi connectivity index (χ1n) is 9.69. The molecule has 0 radical (unpaired) electrons. The maximum absolute atomic E-state index is 12.3. The molecule has 1 atom stereocenters. The molecule has 0 spiro atoms. The van der Waals surface area contributed by atoms with Gasteiger partial charge in [-0.2, -0.15) is 0 Å². The summed E-state index contributed by atoms with van der Waals surface area (Å²) in [5.74, 6) is 1.52. The Morgan fingerprint density at radius 3 is 2.54 bits per heavy atom. The zero-order chi connectivity index (χ0) is 19.3. The van der Waals surface area contributed by atoms with Crippen molar-refractivity contribution in [1.29, 1.82) is 0 Å². The van der Waals surface area contributed by atoms with Gasteiger partial charge in [0.15, 0.2) is 6.10 Å². The van der Waals surface area contributed by atoms with Gasteiger partial charge in [-0.3, -0.25) is 4.90 Å². The number of cyclic esters (lactones) is 1. The maximum atomic E-state index is 12.3. The van der Waals surface area contributed by atoms with E-state index in [9.17, 15) is 4.79 Å². The SMILES string of the molecule is COc1ccc(OCC2CN(C3CCN(Cc4ccoc4)CC3)C(=O)O2)cc1. The fourth-order valence-corrected chi connectivity index (χ4v) is 3.82. The summed E-state index contributed by atoms with van der Waals surface area (Å²) in [6, 6.07) is 9.63. The number of furan rings is 1. The summed E-state index contributed by atoms with van der Waals surface area (Å²) in [5, 5.41) is 0. The van der Waals surface area contributed by atoms with Gasteiger partial charge in [0.1, 0.15) is 18.1 Å². The third-order valence-corrected chi connectivity index (χ3v) is 5.38. The predicted octanol–water partition coefficient (Wildman–Crippen LogP) is 3.15. The zero-order valence-electron chi connectivity index (χ0n) is 16.1. The molecule has 2 aromatic rings. The van der Waals surface area contributed by atoms with Crippen LogP contribution in [0.15, 0.2) is 47.3 Å². The van der Waals surface area contributed by atoms with Gasteiger partial charge in [0.2, 0.25) is 0 Å². The predicted molar refractivity (Wildman–Crippen MR) is 102 cm³/mol. The third kappa shape index (κ3) is 4.42. The molecule has 0 aliphatic carbocycles. The van der Waals surface area contributed by atoms with E-state index in [0.717, 1.165) is 44.0 Å². The molecule has 0 N–H and O–H groups in total. The number of hydrogen-bond acceptors (Lipinski definition) is 6. The Bertz CT molecular complexity index is 754. The highest BCUT2D eigenvalue weighted by atomic mass is 16.6. The zero-order valence-corrected chi connectivity index (χ0v) is 16.1. The van der Waals surface area contributed by atoms with Gasteiger partial charge in [0.25, 0.3) is 0 Å². The molecule has 28 heavy (non-hydrogen) atoms. The fourth-order valence-electron chi connectivity index (χ4n) is 3.82. The molecule has 2 aliphatic heterocycles. The Labute approximate surface area is 164 Å². The molecule has 3 heterocycles. The number of ether oxygens (including phenoxy) is 3. The van der Waals surface area contributed by atoms with E-state index < -0.39 is 0 Å². The van der Waals surface area contributed by atoms with Gasteiger partial charge in [-0.25, -0.2) is 4.79 Å². The number of carbonyl (C=O) groups is 1. The second kappa shape index (κ2) is 8.56. The third-order valence-electron chi connectivity index (χ3n) is 5.38. The molecule has 2 fully saturated rings. The van der Waals surface area contributed by atoms with Crippen LogP contribution in [0.3, 0.4) is 0 Å². The lowest BCUT2D eigenvalue weighted by Crippen LogP contribution is -2.45. The summed E-state index contributed by atoms with van der Waals surface area (Å²) in [6.07, 6.45) is 4.95. The molecule has 0 saturated carbocycles. The monoisotopic (exact) mass is 386 g/mol. The van der Waals surface area contributed by atoms with Crippen LogP contribution in [0.4, 0.5) is 4.79 Å². The van der Waals surface area contributed by atoms with E-state index in [1.807, 2.05) is 35.2 Å². The molecule has 1 aromatic carbocycles. The molecular formula is C21H26N2O5. The maximum Gasteiger partial charge on any atom is 0.410 e. The molecule has 0 bridgehead atoms. The van der Waals surface area contributed by atoms with Crippen LogP contribution < -0.4 is 9.47 Å². The molecule has 7 heteroatoms. The molecule has 150 valence electrons. The lowest BCUT2D eigenvalue weighted by molar-refractivity contribution is 0.0971. The van der Waals surface area contributed by atoms with Crippen LogP contribution in [0, 0.1) is 0 Å². The van der Waals surface area contributed by atoms with Crippen molar-refractivity contribution in [2.75, 3.05) is 33.4 Å². The lowest BCUT2D eigenvalue weighted by Gasteiger charge is -2.35. The average Bonchev–Trinajstić information content (AvgIpc) is 3.37. The molecule has 1 aromatic heterocycles. The number of benzene rings is 1. The highest BCUT2D eigenvalue weighted by Crippen LogP contribution is 2.24. The number of methoxy groups -OCH3 is 1. The van der Waals surface area contributed by atoms with Gasteiger partial charge in [-0.1, -0.05) is 0 Å². The number of hydrogen-bond donors (Lipinski definition) is 0. The molecular weight excluding hydrogens is 360 g/mol. The van der Waals surface area contributed by atoms with Crippen molar-refractivity contribution in [3.63, 3.8) is 0 Å². The van der Waals surface area contributed by atoms with E-state index in [-0.39, 0.29) is 18.2 Å². The minimum atomic E-state index is -0.237. The second-order valence-electron chi connectivity index (χ2n) is 7.28. The van der Waals surface area contributed by atoms with Gasteiger partial charge in [0, 0.05) is 31.2 Å². The van der Waals surface area contributed by atoms with Crippen molar-refractivity contribution in [2.24, 2.45) is 0 Å². The van der Waals surface area contributed by atoms with Crippen LogP contribution in [-0.2, 0) is 11.3 Å². The standard InChI is InChI=1S/C21H26N2O5/c1-25-18-2-4-19(5-3-18)27-15-20-13-23(21(24)28-20)17-6-9-22(10-7-17)12-16-8-11-26-14-16/h2-5,8,11,14,17,20H,6-7,9-10,12-13,15H2,1H3. The second-order valence-corrected chi connectivity index (χ2v) is 7.28. The number of likely N-dealkylation sites (tertiary alicyclic amines) is 1. The Morgan fingerprint density at radius 2 is 1.86 bits per heavy atom. The van der Waals surface area contributed by atoms with Crippen LogP contribution in [-0.4, -0.2) is 61.4 Å². The van der Waals surface area contributed by atoms with E-state index in [1.54, 1.807) is 19.6 Å². The van der Waals surface area contributed by atoms with E-state index >= 15 is 0 Å². The topological polar surface area (TPSA) is 64.4 Å². The first kappa shape index (κ1) is 18.7. The van der Waals surface area contributed by atoms with Crippen molar-refractivity contribution in [2.45, 2.75) is 31.5 Å². The van der Waals surface area contributed by atoms with Crippen molar-refractivity contribution >= 4 is 6.09 Å². The summed E-state index contributed by atoms with van der Waals surface area (Å²) in [6.45, 7) is 3.76. The Balaban J connectivity index is 1.23. The fraction of sp³-hybridized carbons (Fsp3) is 0.476. The summed E-state index contributed by atoms with van der Waals surface area (Å²) in [4.78, 5) is 16.6. The lowest BCUT2D eigenvalue weighted by atomic mass is 10.0. The van der Waals surface area contributed by atoms with Crippen molar-refractivity contribution in [1.82, 2.24) is 9.80 Å². The first-order chi connectivity index (χ1) is 13.7. The van der Waals surface area contributed by atoms with Crippen molar-refractivity contribution in [3.8, 4) is 11.5 Å². The Hall–Kier alpha value is -2.67. The number of piperidine rings is 1. The molecule has 2 aliphatic rings. The van der Waals surface area contributed by atoms with Gasteiger partial charge in [0.05, 0.1) is 26.2 Å². The van der Waals surface area contributed by atoms with Crippen LogP contribution in [0.1, 0.15) is 18.4 Å². The van der Waals surface area contributed by atoms with Crippen LogP contribution in [0.5, 0.6) is 11.5 Å². The summed E-state index contributed by atoms with van der Waals surface area (Å²) < 4.78 is 21.6. The Kier molecular flexibility index (Phi) is 5.71. The normalized spacial score (nSPS) is 21.0. The van der Waals surface area contributed by atoms with E-state index in [0.29, 0.717) is 13.2 Å². The van der Waals surface area contributed by atoms with E-state index in [1.165, 1.54) is 5.56 Å². The number of amides is 1. The average molecular weight is 386 g/mol. The largest absolute Gasteiger partial charge is 0.497 e. The van der Waals surface area contributed by atoms with Gasteiger partial charge >= 0.3 is 6.09 Å². The Morgan fingerprint density at radius 1 is 1.11 bits per heavy atom.